The topological polar surface area (TPSA) is 75.7 Å². The van der Waals surface area contributed by atoms with E-state index < -0.39 is 10.0 Å². The third-order valence-electron chi connectivity index (χ3n) is 5.95. The second-order valence-corrected chi connectivity index (χ2v) is 10.3. The number of piperidine rings is 1. The predicted octanol–water partition coefficient (Wildman–Crippen LogP) is 4.80. The zero-order valence-electron chi connectivity index (χ0n) is 18.9. The molecule has 7 heteroatoms. The molecule has 0 radical (unpaired) electrons. The summed E-state index contributed by atoms with van der Waals surface area (Å²) >= 11 is 0. The molecule has 0 bridgehead atoms. The van der Waals surface area contributed by atoms with Crippen molar-refractivity contribution in [3.05, 3.63) is 53.1 Å². The van der Waals surface area contributed by atoms with E-state index in [0.717, 1.165) is 24.0 Å². The van der Waals surface area contributed by atoms with Crippen LogP contribution in [0.15, 0.2) is 41.3 Å². The van der Waals surface area contributed by atoms with Crippen molar-refractivity contribution in [2.75, 3.05) is 24.9 Å². The van der Waals surface area contributed by atoms with Crippen LogP contribution in [0, 0.1) is 12.8 Å². The molecule has 0 saturated carbocycles. The molecule has 168 valence electrons. The van der Waals surface area contributed by atoms with Crippen LogP contribution in [0.5, 0.6) is 5.75 Å². The first-order valence-electron chi connectivity index (χ1n) is 10.7. The number of ether oxygens (including phenoxy) is 1. The first-order chi connectivity index (χ1) is 14.6. The number of rotatable bonds is 6. The minimum absolute atomic E-state index is 0.0417. The number of hydrogen-bond donors (Lipinski definition) is 1. The molecule has 1 N–H and O–H groups in total. The van der Waals surface area contributed by atoms with Gasteiger partial charge in [-0.05, 0) is 60.9 Å². The fourth-order valence-corrected chi connectivity index (χ4v) is 5.09. The van der Waals surface area contributed by atoms with Gasteiger partial charge in [0.25, 0.3) is 15.9 Å². The molecule has 1 aliphatic heterocycles. The van der Waals surface area contributed by atoms with Gasteiger partial charge in [0.1, 0.15) is 5.75 Å². The second kappa shape index (κ2) is 9.30. The number of carbonyl (C=O) groups is 1. The van der Waals surface area contributed by atoms with E-state index in [0.29, 0.717) is 30.4 Å². The number of methoxy groups -OCH3 is 1. The van der Waals surface area contributed by atoms with Gasteiger partial charge in [-0.25, -0.2) is 8.42 Å². The molecule has 0 atom stereocenters. The van der Waals surface area contributed by atoms with E-state index in [4.69, 9.17) is 4.74 Å². The number of benzene rings is 2. The number of anilines is 1. The van der Waals surface area contributed by atoms with Crippen LogP contribution in [-0.4, -0.2) is 39.4 Å². The van der Waals surface area contributed by atoms with Crippen molar-refractivity contribution in [2.24, 2.45) is 5.92 Å². The van der Waals surface area contributed by atoms with Gasteiger partial charge in [-0.2, -0.15) is 0 Å². The summed E-state index contributed by atoms with van der Waals surface area (Å²) in [6.45, 7) is 9.44. The normalized spacial score (nSPS) is 15.2. The first-order valence-corrected chi connectivity index (χ1v) is 12.2. The smallest absolute Gasteiger partial charge is 0.261 e. The highest BCUT2D eigenvalue weighted by molar-refractivity contribution is 7.92. The molecule has 2 aromatic rings. The van der Waals surface area contributed by atoms with Gasteiger partial charge < -0.3 is 9.64 Å². The largest absolute Gasteiger partial charge is 0.496 e. The summed E-state index contributed by atoms with van der Waals surface area (Å²) in [6, 6.07) is 10.2. The molecule has 3 rings (SSSR count). The van der Waals surface area contributed by atoms with E-state index in [-0.39, 0.29) is 22.3 Å². The summed E-state index contributed by atoms with van der Waals surface area (Å²) in [5, 5.41) is 0. The van der Waals surface area contributed by atoms with Crippen molar-refractivity contribution in [3.8, 4) is 5.75 Å². The number of para-hydroxylation sites is 1. The highest BCUT2D eigenvalue weighted by Gasteiger charge is 2.26. The molecule has 1 amide bonds. The Kier molecular flexibility index (Phi) is 6.94. The van der Waals surface area contributed by atoms with Crippen molar-refractivity contribution in [3.63, 3.8) is 0 Å². The molecule has 31 heavy (non-hydrogen) atoms. The zero-order valence-corrected chi connectivity index (χ0v) is 19.8. The lowest BCUT2D eigenvalue weighted by atomic mass is 9.98. The van der Waals surface area contributed by atoms with E-state index in [2.05, 4.69) is 11.6 Å². The lowest BCUT2D eigenvalue weighted by Crippen LogP contribution is -2.38. The van der Waals surface area contributed by atoms with Gasteiger partial charge in [0.2, 0.25) is 0 Å². The molecule has 1 heterocycles. The Hall–Kier alpha value is -2.54. The third kappa shape index (κ3) is 5.03. The van der Waals surface area contributed by atoms with Crippen LogP contribution < -0.4 is 9.46 Å². The van der Waals surface area contributed by atoms with E-state index in [1.165, 1.54) is 19.2 Å². The van der Waals surface area contributed by atoms with Gasteiger partial charge >= 0.3 is 0 Å². The maximum atomic E-state index is 13.2. The molecule has 0 unspecified atom stereocenters. The average molecular weight is 445 g/mol. The maximum Gasteiger partial charge on any atom is 0.261 e. The average Bonchev–Trinajstić information content (AvgIpc) is 2.74. The Labute approximate surface area is 185 Å². The van der Waals surface area contributed by atoms with E-state index in [1.54, 1.807) is 11.0 Å². The summed E-state index contributed by atoms with van der Waals surface area (Å²) in [7, 11) is -2.40. The van der Waals surface area contributed by atoms with Crippen LogP contribution in [-0.2, 0) is 10.0 Å². The lowest BCUT2D eigenvalue weighted by molar-refractivity contribution is 0.0693. The van der Waals surface area contributed by atoms with Crippen molar-refractivity contribution in [1.29, 1.82) is 0 Å². The van der Waals surface area contributed by atoms with Crippen LogP contribution in [0.25, 0.3) is 0 Å². The van der Waals surface area contributed by atoms with Crippen molar-refractivity contribution in [1.82, 2.24) is 4.90 Å². The van der Waals surface area contributed by atoms with Crippen LogP contribution >= 0.6 is 0 Å². The zero-order chi connectivity index (χ0) is 22.8. The number of nitrogens with one attached hydrogen (secondary N) is 1. The van der Waals surface area contributed by atoms with Gasteiger partial charge in [0.15, 0.2) is 0 Å². The van der Waals surface area contributed by atoms with Gasteiger partial charge in [0, 0.05) is 13.1 Å². The second-order valence-electron chi connectivity index (χ2n) is 8.64. The summed E-state index contributed by atoms with van der Waals surface area (Å²) < 4.78 is 34.6. The first kappa shape index (κ1) is 23.1. The van der Waals surface area contributed by atoms with Crippen LogP contribution in [0.4, 0.5) is 5.69 Å². The fourth-order valence-electron chi connectivity index (χ4n) is 3.91. The number of likely N-dealkylation sites (tertiary alicyclic amines) is 1. The summed E-state index contributed by atoms with van der Waals surface area (Å²) in [5.41, 5.74) is 2.64. The van der Waals surface area contributed by atoms with E-state index >= 15 is 0 Å². The molecular formula is C24H32N2O4S. The number of amides is 1. The minimum atomic E-state index is -3.89. The van der Waals surface area contributed by atoms with Crippen molar-refractivity contribution in [2.45, 2.75) is 51.3 Å². The van der Waals surface area contributed by atoms with Crippen LogP contribution in [0.2, 0.25) is 0 Å². The number of aryl methyl sites for hydroxylation is 1. The van der Waals surface area contributed by atoms with Gasteiger partial charge in [-0.3, -0.25) is 9.52 Å². The molecule has 0 spiro atoms. The highest BCUT2D eigenvalue weighted by atomic mass is 32.2. The Morgan fingerprint density at radius 2 is 1.84 bits per heavy atom. The standard InChI is InChI=1S/C24H32N2O4S/c1-16(2)20-8-6-7-18(4)23(20)25-31(28,29)19-9-10-22(30-5)21(15-19)24(27)26-13-11-17(3)12-14-26/h6-10,15-17,25H,11-14H2,1-5H3. The fraction of sp³-hybridized carbons (Fsp3) is 0.458. The van der Waals surface area contributed by atoms with E-state index in [1.807, 2.05) is 39.0 Å². The van der Waals surface area contributed by atoms with E-state index in [9.17, 15) is 13.2 Å². The van der Waals surface area contributed by atoms with Gasteiger partial charge in [-0.1, -0.05) is 39.0 Å². The molecule has 1 saturated heterocycles. The number of sulfonamides is 1. The Bertz CT molecular complexity index is 1060. The predicted molar refractivity (Wildman–Crippen MR) is 123 cm³/mol. The van der Waals surface area contributed by atoms with Crippen molar-refractivity contribution < 1.29 is 17.9 Å². The number of hydrogen-bond acceptors (Lipinski definition) is 4. The molecule has 0 aromatic heterocycles. The molecule has 2 aromatic carbocycles. The highest BCUT2D eigenvalue weighted by Crippen LogP contribution is 2.31. The Morgan fingerprint density at radius 1 is 1.16 bits per heavy atom. The number of nitrogens with zero attached hydrogens (tertiary/aromatic N) is 1. The Balaban J connectivity index is 1.96. The van der Waals surface area contributed by atoms with Gasteiger partial charge in [-0.15, -0.1) is 0 Å². The number of carbonyl (C=O) groups excluding carboxylic acids is 1. The molecule has 1 fully saturated rings. The van der Waals surface area contributed by atoms with Crippen molar-refractivity contribution >= 4 is 21.6 Å². The summed E-state index contributed by atoms with van der Waals surface area (Å²) in [6.07, 6.45) is 1.89. The molecular weight excluding hydrogens is 412 g/mol. The monoisotopic (exact) mass is 444 g/mol. The third-order valence-corrected chi connectivity index (χ3v) is 7.29. The van der Waals surface area contributed by atoms with Crippen LogP contribution in [0.1, 0.15) is 61.0 Å². The maximum absolute atomic E-state index is 13.2. The van der Waals surface area contributed by atoms with Crippen LogP contribution in [0.3, 0.4) is 0 Å². The molecule has 1 aliphatic rings. The lowest BCUT2D eigenvalue weighted by Gasteiger charge is -2.30. The quantitative estimate of drug-likeness (QED) is 0.694. The molecule has 0 aliphatic carbocycles. The SMILES string of the molecule is COc1ccc(S(=O)(=O)Nc2c(C)cccc2C(C)C)cc1C(=O)N1CCC(C)CC1. The molecule has 6 nitrogen and oxygen atoms in total. The summed E-state index contributed by atoms with van der Waals surface area (Å²) in [4.78, 5) is 15.0. The minimum Gasteiger partial charge on any atom is -0.496 e. The Morgan fingerprint density at radius 3 is 2.45 bits per heavy atom. The van der Waals surface area contributed by atoms with Gasteiger partial charge in [0.05, 0.1) is 23.3 Å². The summed E-state index contributed by atoms with van der Waals surface area (Å²) in [5.74, 6) is 0.930.